The Balaban J connectivity index is 2.05. The highest BCUT2D eigenvalue weighted by Gasteiger charge is 2.42. The van der Waals surface area contributed by atoms with E-state index in [4.69, 9.17) is 4.42 Å². The topological polar surface area (TPSA) is 88.2 Å². The van der Waals surface area contributed by atoms with Crippen LogP contribution in [0.1, 0.15) is 38.5 Å². The van der Waals surface area contributed by atoms with Crippen LogP contribution in [0.3, 0.4) is 0 Å². The molecule has 1 aliphatic rings. The minimum absolute atomic E-state index is 0.198. The van der Waals surface area contributed by atoms with Gasteiger partial charge in [0.2, 0.25) is 5.89 Å². The second-order valence-corrected chi connectivity index (χ2v) is 6.09. The van der Waals surface area contributed by atoms with E-state index in [0.29, 0.717) is 30.5 Å². The van der Waals surface area contributed by atoms with Gasteiger partial charge in [0.25, 0.3) is 5.22 Å². The van der Waals surface area contributed by atoms with Crippen molar-refractivity contribution in [1.29, 1.82) is 0 Å². The summed E-state index contributed by atoms with van der Waals surface area (Å²) in [6.07, 6.45) is 3.13. The molecule has 1 saturated carbocycles. The number of carboxylic acids is 1. The number of rotatable bonds is 5. The van der Waals surface area contributed by atoms with E-state index in [1.165, 1.54) is 11.8 Å². The summed E-state index contributed by atoms with van der Waals surface area (Å²) in [4.78, 5) is 11.5. The van der Waals surface area contributed by atoms with Gasteiger partial charge < -0.3 is 14.8 Å². The third kappa shape index (κ3) is 3.27. The minimum Gasteiger partial charge on any atom is -0.480 e. The van der Waals surface area contributed by atoms with Gasteiger partial charge in [0.05, 0.1) is 0 Å². The third-order valence-corrected chi connectivity index (χ3v) is 4.51. The molecule has 1 fully saturated rings. The third-order valence-electron chi connectivity index (χ3n) is 3.41. The van der Waals surface area contributed by atoms with Crippen LogP contribution in [0, 0.1) is 6.92 Å². The Bertz CT molecular complexity index is 447. The van der Waals surface area contributed by atoms with E-state index in [1.54, 1.807) is 6.92 Å². The zero-order valence-electron chi connectivity index (χ0n) is 11.2. The molecule has 0 bridgehead atoms. The fourth-order valence-corrected chi connectivity index (χ4v) is 3.76. The number of aromatic nitrogens is 2. The normalized spacial score (nSPS) is 27.4. The Hall–Kier alpha value is -1.08. The molecule has 0 saturated heterocycles. The van der Waals surface area contributed by atoms with E-state index >= 15 is 0 Å². The first-order chi connectivity index (χ1) is 9.05. The fraction of sp³-hybridized carbons (Fsp3) is 0.750. The van der Waals surface area contributed by atoms with E-state index in [1.807, 2.05) is 6.92 Å². The predicted molar refractivity (Wildman–Crippen MR) is 71.2 cm³/mol. The average Bonchev–Trinajstić information content (AvgIpc) is 2.75. The number of carbonyl (C=O) groups is 1. The number of nitrogens with one attached hydrogen (secondary N) is 1. The molecular formula is C12H19N3O3S. The molecular weight excluding hydrogens is 266 g/mol. The van der Waals surface area contributed by atoms with Crippen LogP contribution >= 0.6 is 11.8 Å². The first-order valence-electron chi connectivity index (χ1n) is 6.51. The fourth-order valence-electron chi connectivity index (χ4n) is 2.56. The van der Waals surface area contributed by atoms with Crippen LogP contribution in [0.2, 0.25) is 0 Å². The molecule has 1 heterocycles. The summed E-state index contributed by atoms with van der Waals surface area (Å²) in [6.45, 7) is 4.34. The number of thioether (sulfide) groups is 1. The Kier molecular flexibility index (Phi) is 4.46. The van der Waals surface area contributed by atoms with Crippen LogP contribution in [-0.2, 0) is 4.79 Å². The lowest BCUT2D eigenvalue weighted by atomic mass is 9.81. The first kappa shape index (κ1) is 14.3. The van der Waals surface area contributed by atoms with Gasteiger partial charge in [-0.15, -0.1) is 10.2 Å². The Morgan fingerprint density at radius 3 is 3.00 bits per heavy atom. The lowest BCUT2D eigenvalue weighted by Gasteiger charge is -2.37. The average molecular weight is 285 g/mol. The molecule has 6 nitrogen and oxygen atoms in total. The van der Waals surface area contributed by atoms with Gasteiger partial charge in [0.1, 0.15) is 5.54 Å². The molecule has 0 radical (unpaired) electrons. The van der Waals surface area contributed by atoms with E-state index in [9.17, 15) is 9.90 Å². The predicted octanol–water partition coefficient (Wildman–Crippen LogP) is 1.85. The molecule has 2 atom stereocenters. The second kappa shape index (κ2) is 5.92. The van der Waals surface area contributed by atoms with Crippen molar-refractivity contribution in [2.75, 3.05) is 6.54 Å². The Morgan fingerprint density at radius 2 is 2.42 bits per heavy atom. The maximum atomic E-state index is 11.5. The number of aryl methyl sites for hydroxylation is 1. The summed E-state index contributed by atoms with van der Waals surface area (Å²) in [5.74, 6) is -0.226. The minimum atomic E-state index is -0.806. The van der Waals surface area contributed by atoms with Crippen molar-refractivity contribution in [3.63, 3.8) is 0 Å². The first-order valence-corrected chi connectivity index (χ1v) is 7.39. The largest absolute Gasteiger partial charge is 0.480 e. The van der Waals surface area contributed by atoms with Crippen LogP contribution in [0.5, 0.6) is 0 Å². The van der Waals surface area contributed by atoms with Crippen LogP contribution in [0.25, 0.3) is 0 Å². The molecule has 106 valence electrons. The molecule has 2 N–H and O–H groups in total. The number of aliphatic carboxylic acids is 1. The summed E-state index contributed by atoms with van der Waals surface area (Å²) < 4.78 is 5.35. The van der Waals surface area contributed by atoms with Crippen LogP contribution in [0.15, 0.2) is 9.64 Å². The van der Waals surface area contributed by atoms with Crippen molar-refractivity contribution in [3.05, 3.63) is 5.89 Å². The number of carboxylic acid groups (broad SMARTS) is 1. The molecule has 7 heteroatoms. The number of nitrogens with zero attached hydrogens (tertiary/aromatic N) is 2. The van der Waals surface area contributed by atoms with Crippen molar-refractivity contribution < 1.29 is 14.3 Å². The Morgan fingerprint density at radius 1 is 1.63 bits per heavy atom. The van der Waals surface area contributed by atoms with Crippen LogP contribution in [0.4, 0.5) is 0 Å². The van der Waals surface area contributed by atoms with E-state index in [0.717, 1.165) is 12.8 Å². The van der Waals surface area contributed by atoms with E-state index < -0.39 is 11.5 Å². The highest BCUT2D eigenvalue weighted by Crippen LogP contribution is 2.38. The molecule has 2 rings (SSSR count). The van der Waals surface area contributed by atoms with Gasteiger partial charge in [0.15, 0.2) is 0 Å². The summed E-state index contributed by atoms with van der Waals surface area (Å²) in [5.41, 5.74) is -0.806. The van der Waals surface area contributed by atoms with Crippen molar-refractivity contribution in [2.45, 2.75) is 55.5 Å². The Labute approximate surface area is 116 Å². The quantitative estimate of drug-likeness (QED) is 0.853. The number of hydrogen-bond donors (Lipinski definition) is 2. The monoisotopic (exact) mass is 285 g/mol. The lowest BCUT2D eigenvalue weighted by Crippen LogP contribution is -2.55. The zero-order valence-corrected chi connectivity index (χ0v) is 12.0. The zero-order chi connectivity index (χ0) is 13.9. The summed E-state index contributed by atoms with van der Waals surface area (Å²) in [5, 5.41) is 21.1. The van der Waals surface area contributed by atoms with Crippen molar-refractivity contribution in [2.24, 2.45) is 0 Å². The van der Waals surface area contributed by atoms with Crippen molar-refractivity contribution >= 4 is 17.7 Å². The summed E-state index contributed by atoms with van der Waals surface area (Å²) in [7, 11) is 0. The van der Waals surface area contributed by atoms with Crippen molar-refractivity contribution in [3.8, 4) is 0 Å². The molecule has 0 aliphatic heterocycles. The molecule has 0 aromatic carbocycles. The smallest absolute Gasteiger partial charge is 0.323 e. The maximum absolute atomic E-state index is 11.5. The molecule has 1 aliphatic carbocycles. The highest BCUT2D eigenvalue weighted by atomic mass is 32.2. The molecule has 19 heavy (non-hydrogen) atoms. The van der Waals surface area contributed by atoms with Gasteiger partial charge in [-0.3, -0.25) is 4.79 Å². The van der Waals surface area contributed by atoms with Crippen LogP contribution < -0.4 is 5.32 Å². The SMILES string of the molecule is CCNC1(C(=O)O)CCCC(Sc2nnc(C)o2)C1. The molecule has 2 unspecified atom stereocenters. The standard InChI is InChI=1S/C12H19N3O3S/c1-3-13-12(10(16)17)6-4-5-9(7-12)19-11-15-14-8(2)18-11/h9,13H,3-7H2,1-2H3,(H,16,17). The second-order valence-electron chi connectivity index (χ2n) is 4.84. The molecule has 0 amide bonds. The summed E-state index contributed by atoms with van der Waals surface area (Å²) in [6, 6.07) is 0. The maximum Gasteiger partial charge on any atom is 0.323 e. The molecule has 0 spiro atoms. The van der Waals surface area contributed by atoms with Gasteiger partial charge in [-0.25, -0.2) is 0 Å². The van der Waals surface area contributed by atoms with Gasteiger partial charge in [-0.1, -0.05) is 18.7 Å². The number of hydrogen-bond acceptors (Lipinski definition) is 6. The van der Waals surface area contributed by atoms with Gasteiger partial charge in [0, 0.05) is 12.2 Å². The van der Waals surface area contributed by atoms with Crippen molar-refractivity contribution in [1.82, 2.24) is 15.5 Å². The van der Waals surface area contributed by atoms with Gasteiger partial charge >= 0.3 is 5.97 Å². The highest BCUT2D eigenvalue weighted by molar-refractivity contribution is 7.99. The van der Waals surface area contributed by atoms with E-state index in [2.05, 4.69) is 15.5 Å². The van der Waals surface area contributed by atoms with Gasteiger partial charge in [-0.2, -0.15) is 0 Å². The van der Waals surface area contributed by atoms with Crippen LogP contribution in [-0.4, -0.2) is 38.6 Å². The molecule has 1 aromatic rings. The van der Waals surface area contributed by atoms with Gasteiger partial charge in [-0.05, 0) is 32.2 Å². The summed E-state index contributed by atoms with van der Waals surface area (Å²) >= 11 is 1.49. The lowest BCUT2D eigenvalue weighted by molar-refractivity contribution is -0.146. The van der Waals surface area contributed by atoms with E-state index in [-0.39, 0.29) is 5.25 Å². The number of likely N-dealkylation sites (N-methyl/N-ethyl adjacent to an activating group) is 1. The molecule has 1 aromatic heterocycles.